The highest BCUT2D eigenvalue weighted by atomic mass is 16.5. The van der Waals surface area contributed by atoms with Crippen molar-refractivity contribution in [2.75, 3.05) is 26.2 Å². The standard InChI is InChI=1S/C11H22N2O2/c1-2-7-13(8-4-6-12)11(14)10-5-3-9-15-10/h10H,2-9,12H2,1H3. The van der Waals surface area contributed by atoms with E-state index in [-0.39, 0.29) is 12.0 Å². The van der Waals surface area contributed by atoms with Gasteiger partial charge in [0.15, 0.2) is 0 Å². The third-order valence-corrected chi connectivity index (χ3v) is 2.64. The molecule has 1 amide bonds. The second kappa shape index (κ2) is 6.80. The third-order valence-electron chi connectivity index (χ3n) is 2.64. The zero-order valence-electron chi connectivity index (χ0n) is 9.58. The van der Waals surface area contributed by atoms with Crippen LogP contribution in [0, 0.1) is 0 Å². The molecule has 1 atom stereocenters. The normalized spacial score (nSPS) is 20.5. The maximum atomic E-state index is 12.0. The molecule has 0 saturated carbocycles. The Balaban J connectivity index is 2.41. The number of carbonyl (C=O) groups is 1. The molecule has 0 aromatic heterocycles. The summed E-state index contributed by atoms with van der Waals surface area (Å²) in [4.78, 5) is 13.9. The van der Waals surface area contributed by atoms with Crippen LogP contribution in [-0.2, 0) is 9.53 Å². The number of rotatable bonds is 6. The van der Waals surface area contributed by atoms with E-state index in [9.17, 15) is 4.79 Å². The zero-order valence-corrected chi connectivity index (χ0v) is 9.58. The molecule has 1 aliphatic heterocycles. The molecule has 0 bridgehead atoms. The lowest BCUT2D eigenvalue weighted by Gasteiger charge is -2.24. The molecule has 1 unspecified atom stereocenters. The zero-order chi connectivity index (χ0) is 11.1. The average molecular weight is 214 g/mol. The Hall–Kier alpha value is -0.610. The third kappa shape index (κ3) is 3.80. The smallest absolute Gasteiger partial charge is 0.251 e. The minimum absolute atomic E-state index is 0.155. The Morgan fingerprint density at radius 3 is 2.87 bits per heavy atom. The van der Waals surface area contributed by atoms with Gasteiger partial charge < -0.3 is 15.4 Å². The fourth-order valence-corrected chi connectivity index (χ4v) is 1.86. The van der Waals surface area contributed by atoms with Crippen molar-refractivity contribution in [1.82, 2.24) is 4.90 Å². The van der Waals surface area contributed by atoms with Gasteiger partial charge in [-0.15, -0.1) is 0 Å². The Kier molecular flexibility index (Phi) is 5.65. The molecule has 0 spiro atoms. The summed E-state index contributed by atoms with van der Waals surface area (Å²) in [5, 5.41) is 0. The number of hydrogen-bond acceptors (Lipinski definition) is 3. The second-order valence-corrected chi connectivity index (χ2v) is 3.97. The van der Waals surface area contributed by atoms with Crippen molar-refractivity contribution in [3.63, 3.8) is 0 Å². The first-order valence-electron chi connectivity index (χ1n) is 5.90. The van der Waals surface area contributed by atoms with E-state index in [1.54, 1.807) is 0 Å². The van der Waals surface area contributed by atoms with Gasteiger partial charge in [0.05, 0.1) is 0 Å². The molecule has 88 valence electrons. The van der Waals surface area contributed by atoms with E-state index >= 15 is 0 Å². The maximum absolute atomic E-state index is 12.0. The minimum atomic E-state index is -0.186. The van der Waals surface area contributed by atoms with E-state index in [4.69, 9.17) is 10.5 Å². The molecule has 1 rings (SSSR count). The summed E-state index contributed by atoms with van der Waals surface area (Å²) in [6.45, 7) is 5.03. The first-order valence-corrected chi connectivity index (χ1v) is 5.90. The van der Waals surface area contributed by atoms with Crippen LogP contribution in [0.25, 0.3) is 0 Å². The molecular formula is C11H22N2O2. The molecule has 0 aromatic rings. The van der Waals surface area contributed by atoms with Gasteiger partial charge in [0, 0.05) is 19.7 Å². The molecule has 0 aliphatic carbocycles. The molecule has 1 heterocycles. The lowest BCUT2D eigenvalue weighted by molar-refractivity contribution is -0.141. The highest BCUT2D eigenvalue weighted by molar-refractivity contribution is 5.81. The van der Waals surface area contributed by atoms with Gasteiger partial charge in [0.1, 0.15) is 6.10 Å². The van der Waals surface area contributed by atoms with Crippen LogP contribution in [0.15, 0.2) is 0 Å². The predicted octanol–water partition coefficient (Wildman–Crippen LogP) is 0.753. The van der Waals surface area contributed by atoms with Crippen molar-refractivity contribution in [3.05, 3.63) is 0 Å². The van der Waals surface area contributed by atoms with E-state index in [1.165, 1.54) is 0 Å². The number of hydrogen-bond donors (Lipinski definition) is 1. The molecule has 1 aliphatic rings. The number of nitrogens with zero attached hydrogens (tertiary/aromatic N) is 1. The van der Waals surface area contributed by atoms with Crippen LogP contribution in [-0.4, -0.2) is 43.2 Å². The second-order valence-electron chi connectivity index (χ2n) is 3.97. The first-order chi connectivity index (χ1) is 7.29. The van der Waals surface area contributed by atoms with Gasteiger partial charge in [-0.3, -0.25) is 4.79 Å². The van der Waals surface area contributed by atoms with Gasteiger partial charge in [-0.2, -0.15) is 0 Å². The van der Waals surface area contributed by atoms with Crippen LogP contribution in [0.1, 0.15) is 32.6 Å². The van der Waals surface area contributed by atoms with Crippen molar-refractivity contribution in [1.29, 1.82) is 0 Å². The number of ether oxygens (including phenoxy) is 1. The predicted molar refractivity (Wildman–Crippen MR) is 59.5 cm³/mol. The minimum Gasteiger partial charge on any atom is -0.368 e. The van der Waals surface area contributed by atoms with Gasteiger partial charge in [-0.1, -0.05) is 6.92 Å². The summed E-state index contributed by atoms with van der Waals surface area (Å²) in [5.74, 6) is 0.155. The van der Waals surface area contributed by atoms with Crippen molar-refractivity contribution in [3.8, 4) is 0 Å². The van der Waals surface area contributed by atoms with Crippen LogP contribution in [0.2, 0.25) is 0 Å². The maximum Gasteiger partial charge on any atom is 0.251 e. The summed E-state index contributed by atoms with van der Waals surface area (Å²) in [5.41, 5.74) is 5.46. The van der Waals surface area contributed by atoms with Crippen LogP contribution in [0.3, 0.4) is 0 Å². The Bertz CT molecular complexity index is 191. The molecule has 15 heavy (non-hydrogen) atoms. The van der Waals surface area contributed by atoms with Gasteiger partial charge in [0.25, 0.3) is 5.91 Å². The van der Waals surface area contributed by atoms with E-state index in [0.717, 1.165) is 45.4 Å². The van der Waals surface area contributed by atoms with E-state index in [0.29, 0.717) is 6.54 Å². The molecule has 1 saturated heterocycles. The highest BCUT2D eigenvalue weighted by Gasteiger charge is 2.27. The lowest BCUT2D eigenvalue weighted by atomic mass is 10.2. The number of carbonyl (C=O) groups excluding carboxylic acids is 1. The van der Waals surface area contributed by atoms with Gasteiger partial charge in [-0.25, -0.2) is 0 Å². The monoisotopic (exact) mass is 214 g/mol. The lowest BCUT2D eigenvalue weighted by Crippen LogP contribution is -2.40. The summed E-state index contributed by atoms with van der Waals surface area (Å²) in [7, 11) is 0. The molecule has 1 fully saturated rings. The molecule has 0 radical (unpaired) electrons. The van der Waals surface area contributed by atoms with Crippen molar-refractivity contribution in [2.24, 2.45) is 5.73 Å². The summed E-state index contributed by atoms with van der Waals surface area (Å²) in [6.07, 6.45) is 3.56. The van der Waals surface area contributed by atoms with Crippen LogP contribution < -0.4 is 5.73 Å². The SMILES string of the molecule is CCCN(CCCN)C(=O)C1CCCO1. The topological polar surface area (TPSA) is 55.6 Å². The number of amides is 1. The Morgan fingerprint density at radius 1 is 1.53 bits per heavy atom. The van der Waals surface area contributed by atoms with Crippen LogP contribution >= 0.6 is 0 Å². The van der Waals surface area contributed by atoms with Gasteiger partial charge in [-0.05, 0) is 32.2 Å². The molecule has 2 N–H and O–H groups in total. The molecular weight excluding hydrogens is 192 g/mol. The Morgan fingerprint density at radius 2 is 2.33 bits per heavy atom. The average Bonchev–Trinajstić information content (AvgIpc) is 2.76. The quantitative estimate of drug-likeness (QED) is 0.710. The Labute approximate surface area is 91.8 Å². The van der Waals surface area contributed by atoms with Crippen molar-refractivity contribution in [2.45, 2.75) is 38.7 Å². The van der Waals surface area contributed by atoms with E-state index in [2.05, 4.69) is 6.92 Å². The summed E-state index contributed by atoms with van der Waals surface area (Å²) in [6, 6.07) is 0. The molecule has 4 heteroatoms. The summed E-state index contributed by atoms with van der Waals surface area (Å²) < 4.78 is 5.40. The fraction of sp³-hybridized carbons (Fsp3) is 0.909. The first kappa shape index (κ1) is 12.5. The molecule has 0 aromatic carbocycles. The van der Waals surface area contributed by atoms with Crippen LogP contribution in [0.5, 0.6) is 0 Å². The molecule has 4 nitrogen and oxygen atoms in total. The van der Waals surface area contributed by atoms with Gasteiger partial charge in [0.2, 0.25) is 0 Å². The largest absolute Gasteiger partial charge is 0.368 e. The van der Waals surface area contributed by atoms with E-state index in [1.807, 2.05) is 4.90 Å². The van der Waals surface area contributed by atoms with Crippen LogP contribution in [0.4, 0.5) is 0 Å². The van der Waals surface area contributed by atoms with Gasteiger partial charge >= 0.3 is 0 Å². The fourth-order valence-electron chi connectivity index (χ4n) is 1.86. The summed E-state index contributed by atoms with van der Waals surface area (Å²) >= 11 is 0. The van der Waals surface area contributed by atoms with Crippen molar-refractivity contribution < 1.29 is 9.53 Å². The van der Waals surface area contributed by atoms with E-state index < -0.39 is 0 Å². The number of nitrogens with two attached hydrogens (primary N) is 1. The highest BCUT2D eigenvalue weighted by Crippen LogP contribution is 2.15. The van der Waals surface area contributed by atoms with Crippen molar-refractivity contribution >= 4 is 5.91 Å².